The summed E-state index contributed by atoms with van der Waals surface area (Å²) in [5, 5.41) is 5.26. The molecular weight excluding hydrogens is 393 g/mol. The SMILES string of the molecule is COC(=O)c1c(CC(=O)NCCNC(=O)Cc2cccc(F)c2)[nH]c(C(C)=O)c1C. The van der Waals surface area contributed by atoms with Crippen LogP contribution in [0.5, 0.6) is 0 Å². The Hall–Kier alpha value is -3.49. The van der Waals surface area contributed by atoms with Gasteiger partial charge in [0, 0.05) is 25.7 Å². The zero-order chi connectivity index (χ0) is 22.3. The van der Waals surface area contributed by atoms with Gasteiger partial charge in [-0.25, -0.2) is 9.18 Å². The number of aromatic nitrogens is 1. The van der Waals surface area contributed by atoms with Gasteiger partial charge in [0.15, 0.2) is 5.78 Å². The number of amides is 2. The molecule has 1 aromatic carbocycles. The van der Waals surface area contributed by atoms with Gasteiger partial charge in [-0.1, -0.05) is 12.1 Å². The molecule has 0 spiro atoms. The highest BCUT2D eigenvalue weighted by atomic mass is 19.1. The topological polar surface area (TPSA) is 117 Å². The number of esters is 1. The Kier molecular flexibility index (Phi) is 7.85. The molecule has 0 unspecified atom stereocenters. The molecule has 1 heterocycles. The average Bonchev–Trinajstić information content (AvgIpc) is 3.00. The van der Waals surface area contributed by atoms with E-state index in [2.05, 4.69) is 15.6 Å². The van der Waals surface area contributed by atoms with Crippen LogP contribution in [0, 0.1) is 12.7 Å². The molecule has 3 N–H and O–H groups in total. The third-order valence-corrected chi connectivity index (χ3v) is 4.43. The van der Waals surface area contributed by atoms with E-state index in [1.54, 1.807) is 13.0 Å². The summed E-state index contributed by atoms with van der Waals surface area (Å²) in [6.45, 7) is 3.32. The lowest BCUT2D eigenvalue weighted by Gasteiger charge is -2.08. The van der Waals surface area contributed by atoms with Crippen LogP contribution in [0.3, 0.4) is 0 Å². The lowest BCUT2D eigenvalue weighted by atomic mass is 10.1. The molecule has 0 bridgehead atoms. The van der Waals surface area contributed by atoms with E-state index >= 15 is 0 Å². The van der Waals surface area contributed by atoms with E-state index in [9.17, 15) is 23.6 Å². The molecule has 8 nitrogen and oxygen atoms in total. The second-order valence-electron chi connectivity index (χ2n) is 6.71. The first-order valence-electron chi connectivity index (χ1n) is 9.31. The lowest BCUT2D eigenvalue weighted by Crippen LogP contribution is -2.36. The van der Waals surface area contributed by atoms with Crippen molar-refractivity contribution in [1.29, 1.82) is 0 Å². The van der Waals surface area contributed by atoms with Gasteiger partial charge in [-0.05, 0) is 30.2 Å². The number of ketones is 1. The van der Waals surface area contributed by atoms with Crippen molar-refractivity contribution in [1.82, 2.24) is 15.6 Å². The van der Waals surface area contributed by atoms with Crippen LogP contribution < -0.4 is 10.6 Å². The van der Waals surface area contributed by atoms with Gasteiger partial charge in [-0.3, -0.25) is 14.4 Å². The molecular formula is C21H24FN3O5. The van der Waals surface area contributed by atoms with Crippen molar-refractivity contribution in [2.45, 2.75) is 26.7 Å². The second-order valence-corrected chi connectivity index (χ2v) is 6.71. The first-order valence-corrected chi connectivity index (χ1v) is 9.31. The van der Waals surface area contributed by atoms with Crippen LogP contribution in [0.4, 0.5) is 4.39 Å². The summed E-state index contributed by atoms with van der Waals surface area (Å²) in [5.74, 6) is -2.00. The Balaban J connectivity index is 1.86. The molecule has 0 saturated heterocycles. The largest absolute Gasteiger partial charge is 0.465 e. The van der Waals surface area contributed by atoms with Crippen LogP contribution in [-0.4, -0.2) is 48.8 Å². The van der Waals surface area contributed by atoms with Crippen molar-refractivity contribution < 1.29 is 28.3 Å². The maximum absolute atomic E-state index is 13.1. The van der Waals surface area contributed by atoms with Gasteiger partial charge < -0.3 is 20.4 Å². The van der Waals surface area contributed by atoms with Crippen LogP contribution in [0.1, 0.15) is 44.6 Å². The molecule has 160 valence electrons. The molecule has 0 aliphatic heterocycles. The van der Waals surface area contributed by atoms with Crippen molar-refractivity contribution in [2.75, 3.05) is 20.2 Å². The minimum absolute atomic E-state index is 0.0315. The number of benzene rings is 1. The van der Waals surface area contributed by atoms with Gasteiger partial charge in [-0.15, -0.1) is 0 Å². The van der Waals surface area contributed by atoms with Gasteiger partial charge in [0.05, 0.1) is 31.2 Å². The van der Waals surface area contributed by atoms with Gasteiger partial charge >= 0.3 is 5.97 Å². The Labute approximate surface area is 173 Å². The Morgan fingerprint density at radius 3 is 2.27 bits per heavy atom. The zero-order valence-electron chi connectivity index (χ0n) is 17.1. The van der Waals surface area contributed by atoms with E-state index in [0.717, 1.165) is 0 Å². The van der Waals surface area contributed by atoms with Crippen molar-refractivity contribution in [3.05, 3.63) is 58.2 Å². The van der Waals surface area contributed by atoms with E-state index in [0.29, 0.717) is 11.1 Å². The second kappa shape index (κ2) is 10.3. The number of rotatable bonds is 9. The number of hydrogen-bond donors (Lipinski definition) is 3. The van der Waals surface area contributed by atoms with Gasteiger partial charge in [0.2, 0.25) is 11.8 Å². The van der Waals surface area contributed by atoms with Crippen LogP contribution in [0.2, 0.25) is 0 Å². The Morgan fingerprint density at radius 2 is 1.70 bits per heavy atom. The maximum atomic E-state index is 13.1. The number of methoxy groups -OCH3 is 1. The fourth-order valence-electron chi connectivity index (χ4n) is 3.04. The molecule has 2 rings (SSSR count). The van der Waals surface area contributed by atoms with Crippen LogP contribution in [-0.2, 0) is 27.2 Å². The first kappa shape index (κ1) is 22.8. The van der Waals surface area contributed by atoms with E-state index in [4.69, 9.17) is 4.74 Å². The number of hydrogen-bond acceptors (Lipinski definition) is 5. The number of halogens is 1. The molecule has 0 radical (unpaired) electrons. The number of nitrogens with one attached hydrogen (secondary N) is 3. The molecule has 1 aromatic heterocycles. The van der Waals surface area contributed by atoms with Crippen LogP contribution in [0.25, 0.3) is 0 Å². The molecule has 2 aromatic rings. The van der Waals surface area contributed by atoms with E-state index in [1.807, 2.05) is 0 Å². The maximum Gasteiger partial charge on any atom is 0.339 e. The zero-order valence-corrected chi connectivity index (χ0v) is 17.1. The summed E-state index contributed by atoms with van der Waals surface area (Å²) in [4.78, 5) is 50.7. The number of Topliss-reactive ketones (excluding diaryl/α,β-unsaturated/α-hetero) is 1. The molecule has 0 saturated carbocycles. The Morgan fingerprint density at radius 1 is 1.07 bits per heavy atom. The summed E-state index contributed by atoms with van der Waals surface area (Å²) in [6.07, 6.45) is -0.125. The van der Waals surface area contributed by atoms with Gasteiger partial charge in [0.25, 0.3) is 0 Å². The minimum Gasteiger partial charge on any atom is -0.465 e. The van der Waals surface area contributed by atoms with Gasteiger partial charge in [-0.2, -0.15) is 0 Å². The predicted octanol–water partition coefficient (Wildman–Crippen LogP) is 1.47. The van der Waals surface area contributed by atoms with E-state index in [-0.39, 0.29) is 54.6 Å². The van der Waals surface area contributed by atoms with Crippen molar-refractivity contribution in [3.63, 3.8) is 0 Å². The third-order valence-electron chi connectivity index (χ3n) is 4.43. The van der Waals surface area contributed by atoms with Gasteiger partial charge in [0.1, 0.15) is 5.82 Å². The molecule has 30 heavy (non-hydrogen) atoms. The fourth-order valence-corrected chi connectivity index (χ4v) is 3.04. The summed E-state index contributed by atoms with van der Waals surface area (Å²) in [5.41, 5.74) is 1.69. The smallest absolute Gasteiger partial charge is 0.339 e. The van der Waals surface area contributed by atoms with E-state index < -0.39 is 17.7 Å². The number of carbonyl (C=O) groups is 4. The standard InChI is InChI=1S/C21H24FN3O5/c1-12-19(21(29)30-3)16(25-20(12)13(2)26)11-18(28)24-8-7-23-17(27)10-14-5-4-6-15(22)9-14/h4-6,9,25H,7-8,10-11H2,1-3H3,(H,23,27)(H,24,28). The van der Waals surface area contributed by atoms with Crippen molar-refractivity contribution in [3.8, 4) is 0 Å². The number of carbonyl (C=O) groups excluding carboxylic acids is 4. The summed E-state index contributed by atoms with van der Waals surface area (Å²) in [6, 6.07) is 5.76. The quantitative estimate of drug-likeness (QED) is 0.324. The lowest BCUT2D eigenvalue weighted by molar-refractivity contribution is -0.122. The fraction of sp³-hybridized carbons (Fsp3) is 0.333. The van der Waals surface area contributed by atoms with E-state index in [1.165, 1.54) is 32.2 Å². The normalized spacial score (nSPS) is 10.4. The van der Waals surface area contributed by atoms with Crippen molar-refractivity contribution in [2.24, 2.45) is 0 Å². The highest BCUT2D eigenvalue weighted by Crippen LogP contribution is 2.20. The molecule has 0 aliphatic carbocycles. The number of aromatic amines is 1. The summed E-state index contributed by atoms with van der Waals surface area (Å²) in [7, 11) is 1.22. The average molecular weight is 417 g/mol. The molecule has 0 fully saturated rings. The van der Waals surface area contributed by atoms with Crippen molar-refractivity contribution >= 4 is 23.6 Å². The number of H-pyrrole nitrogens is 1. The molecule has 0 aliphatic rings. The highest BCUT2D eigenvalue weighted by molar-refractivity contribution is 6.01. The highest BCUT2D eigenvalue weighted by Gasteiger charge is 2.24. The molecule has 9 heteroatoms. The van der Waals surface area contributed by atoms with Crippen LogP contribution >= 0.6 is 0 Å². The first-order chi connectivity index (χ1) is 14.2. The molecule has 0 atom stereocenters. The monoisotopic (exact) mass is 417 g/mol. The molecule has 2 amide bonds. The number of ether oxygens (including phenoxy) is 1. The summed E-state index contributed by atoms with van der Waals surface area (Å²) >= 11 is 0. The predicted molar refractivity (Wildman–Crippen MR) is 107 cm³/mol. The Bertz CT molecular complexity index is 968. The third kappa shape index (κ3) is 6.00. The minimum atomic E-state index is -0.635. The summed E-state index contributed by atoms with van der Waals surface area (Å²) < 4.78 is 17.9. The van der Waals surface area contributed by atoms with Crippen LogP contribution in [0.15, 0.2) is 24.3 Å².